The van der Waals surface area contributed by atoms with Crippen molar-refractivity contribution in [2.75, 3.05) is 26.2 Å². The number of carbonyl (C=O) groups excluding carboxylic acids is 2. The van der Waals surface area contributed by atoms with Crippen LogP contribution in [0.4, 0.5) is 0 Å². The van der Waals surface area contributed by atoms with Crippen molar-refractivity contribution in [3.05, 3.63) is 59.7 Å². The van der Waals surface area contributed by atoms with Gasteiger partial charge in [0.1, 0.15) is 0 Å². The molecule has 1 aliphatic rings. The summed E-state index contributed by atoms with van der Waals surface area (Å²) in [6.45, 7) is -0.385. The Kier molecular flexibility index (Phi) is 5.94. The molecule has 2 aromatic carbocycles. The van der Waals surface area contributed by atoms with Gasteiger partial charge in [-0.05, 0) is 35.4 Å². The molecule has 0 N–H and O–H groups in total. The standard InChI is InChI=1S/C18H18N2O8S2/c21-17(22)13-1-5-15(6-2-13)29(25,26)19-9-11-20(12-10-19)30(27,28)16-7-3-14(4-8-16)18(23)24/h1-8H,9-12H2,(H,21,22)(H,23,24)/p-2. The molecule has 0 spiro atoms. The van der Waals surface area contributed by atoms with Crippen LogP contribution < -0.4 is 10.2 Å². The lowest BCUT2D eigenvalue weighted by Gasteiger charge is -2.33. The van der Waals surface area contributed by atoms with Gasteiger partial charge in [0.25, 0.3) is 0 Å². The molecule has 1 saturated heterocycles. The number of sulfonamides is 2. The molecule has 1 heterocycles. The first-order valence-electron chi connectivity index (χ1n) is 8.66. The fourth-order valence-electron chi connectivity index (χ4n) is 2.97. The molecule has 0 bridgehead atoms. The lowest BCUT2D eigenvalue weighted by molar-refractivity contribution is -0.256. The number of carboxylic acid groups (broad SMARTS) is 2. The largest absolute Gasteiger partial charge is 0.545 e. The third-order valence-corrected chi connectivity index (χ3v) is 8.48. The number of piperazine rings is 1. The van der Waals surface area contributed by atoms with Gasteiger partial charge in [0, 0.05) is 26.2 Å². The number of carbonyl (C=O) groups is 2. The van der Waals surface area contributed by atoms with Crippen molar-refractivity contribution in [2.24, 2.45) is 0 Å². The average Bonchev–Trinajstić information content (AvgIpc) is 2.74. The van der Waals surface area contributed by atoms with Gasteiger partial charge in [-0.1, -0.05) is 24.3 Å². The molecule has 30 heavy (non-hydrogen) atoms. The van der Waals surface area contributed by atoms with E-state index in [1.165, 1.54) is 0 Å². The summed E-state index contributed by atoms with van der Waals surface area (Å²) in [5.41, 5.74) is -0.316. The Balaban J connectivity index is 1.73. The van der Waals surface area contributed by atoms with Gasteiger partial charge < -0.3 is 19.8 Å². The van der Waals surface area contributed by atoms with Gasteiger partial charge in [0.2, 0.25) is 20.0 Å². The van der Waals surface area contributed by atoms with E-state index < -0.39 is 32.0 Å². The quantitative estimate of drug-likeness (QED) is 0.493. The zero-order valence-electron chi connectivity index (χ0n) is 15.4. The number of aromatic carboxylic acids is 2. The Morgan fingerprint density at radius 1 is 0.600 bits per heavy atom. The maximum absolute atomic E-state index is 12.7. The van der Waals surface area contributed by atoms with E-state index in [1.54, 1.807) is 0 Å². The first-order valence-corrected chi connectivity index (χ1v) is 11.5. The normalized spacial score (nSPS) is 16.3. The lowest BCUT2D eigenvalue weighted by Crippen LogP contribution is -2.50. The molecule has 0 amide bonds. The van der Waals surface area contributed by atoms with Crippen LogP contribution >= 0.6 is 0 Å². The number of rotatable bonds is 6. The van der Waals surface area contributed by atoms with Crippen molar-refractivity contribution < 1.29 is 36.6 Å². The highest BCUT2D eigenvalue weighted by atomic mass is 32.2. The number of hydrogen-bond donors (Lipinski definition) is 0. The van der Waals surface area contributed by atoms with Gasteiger partial charge in [-0.3, -0.25) is 0 Å². The zero-order valence-corrected chi connectivity index (χ0v) is 17.1. The molecule has 0 radical (unpaired) electrons. The van der Waals surface area contributed by atoms with Gasteiger partial charge in [0.15, 0.2) is 0 Å². The van der Waals surface area contributed by atoms with Crippen molar-refractivity contribution >= 4 is 32.0 Å². The monoisotopic (exact) mass is 452 g/mol. The van der Waals surface area contributed by atoms with Crippen LogP contribution in [0.5, 0.6) is 0 Å². The Labute approximate surface area is 173 Å². The van der Waals surface area contributed by atoms with Gasteiger partial charge in [-0.25, -0.2) is 16.8 Å². The molecule has 1 aliphatic heterocycles. The van der Waals surface area contributed by atoms with Crippen molar-refractivity contribution in [3.63, 3.8) is 0 Å². The van der Waals surface area contributed by atoms with Crippen LogP contribution in [0.15, 0.2) is 58.3 Å². The average molecular weight is 452 g/mol. The Morgan fingerprint density at radius 2 is 0.867 bits per heavy atom. The highest BCUT2D eigenvalue weighted by Crippen LogP contribution is 2.22. The van der Waals surface area contributed by atoms with E-state index in [-0.39, 0.29) is 47.1 Å². The summed E-state index contributed by atoms with van der Waals surface area (Å²) in [6.07, 6.45) is 0. The maximum Gasteiger partial charge on any atom is 0.243 e. The first-order chi connectivity index (χ1) is 14.0. The molecular formula is C18H16N2O8S2-2. The fourth-order valence-corrected chi connectivity index (χ4v) is 5.82. The number of carboxylic acids is 2. The number of benzene rings is 2. The van der Waals surface area contributed by atoms with Crippen molar-refractivity contribution in [2.45, 2.75) is 9.79 Å². The molecule has 2 aromatic rings. The second-order valence-corrected chi connectivity index (χ2v) is 10.3. The van der Waals surface area contributed by atoms with Gasteiger partial charge >= 0.3 is 0 Å². The van der Waals surface area contributed by atoms with Crippen molar-refractivity contribution in [3.8, 4) is 0 Å². The molecule has 3 rings (SSSR count). The predicted octanol–water partition coefficient (Wildman–Crippen LogP) is -1.89. The highest BCUT2D eigenvalue weighted by Gasteiger charge is 2.33. The van der Waals surface area contributed by atoms with Crippen LogP contribution in [-0.4, -0.2) is 63.6 Å². The smallest absolute Gasteiger partial charge is 0.243 e. The maximum atomic E-state index is 12.7. The molecule has 12 heteroatoms. The highest BCUT2D eigenvalue weighted by molar-refractivity contribution is 7.89. The molecule has 160 valence electrons. The van der Waals surface area contributed by atoms with E-state index in [4.69, 9.17) is 0 Å². The van der Waals surface area contributed by atoms with Gasteiger partial charge in [-0.15, -0.1) is 0 Å². The SMILES string of the molecule is O=C([O-])c1ccc(S(=O)(=O)N2CCN(S(=O)(=O)c3ccc(C(=O)[O-])cc3)CC2)cc1. The van der Waals surface area contributed by atoms with Crippen molar-refractivity contribution in [1.82, 2.24) is 8.61 Å². The summed E-state index contributed by atoms with van der Waals surface area (Å²) < 4.78 is 53.2. The van der Waals surface area contributed by atoms with Crippen molar-refractivity contribution in [1.29, 1.82) is 0 Å². The second-order valence-electron chi connectivity index (χ2n) is 6.43. The Morgan fingerprint density at radius 3 is 1.10 bits per heavy atom. The van der Waals surface area contributed by atoms with E-state index in [0.717, 1.165) is 57.1 Å². The third kappa shape index (κ3) is 4.21. The molecule has 1 fully saturated rings. The molecule has 0 unspecified atom stereocenters. The minimum atomic E-state index is -3.93. The van der Waals surface area contributed by atoms with Gasteiger partial charge in [0.05, 0.1) is 21.7 Å². The molecule has 0 saturated carbocycles. The van der Waals surface area contributed by atoms with E-state index in [2.05, 4.69) is 0 Å². The Hall–Kier alpha value is -2.80. The summed E-state index contributed by atoms with van der Waals surface area (Å²) in [5.74, 6) is -2.85. The molecule has 10 nitrogen and oxygen atoms in total. The van der Waals surface area contributed by atoms with E-state index in [1.807, 2.05) is 0 Å². The van der Waals surface area contributed by atoms with Crippen LogP contribution in [-0.2, 0) is 20.0 Å². The van der Waals surface area contributed by atoms with E-state index in [9.17, 15) is 36.6 Å². The summed E-state index contributed by atoms with van der Waals surface area (Å²) in [6, 6.07) is 9.12. The fraction of sp³-hybridized carbons (Fsp3) is 0.222. The molecule has 0 aliphatic carbocycles. The summed E-state index contributed by atoms with van der Waals surface area (Å²) >= 11 is 0. The van der Waals surface area contributed by atoms with Crippen LogP contribution in [0.2, 0.25) is 0 Å². The van der Waals surface area contributed by atoms with E-state index >= 15 is 0 Å². The zero-order chi connectivity index (χ0) is 22.1. The molecule has 0 aromatic heterocycles. The predicted molar refractivity (Wildman–Crippen MR) is 99.1 cm³/mol. The molecular weight excluding hydrogens is 436 g/mol. The lowest BCUT2D eigenvalue weighted by atomic mass is 10.2. The minimum Gasteiger partial charge on any atom is -0.545 e. The minimum absolute atomic E-state index is 0.0963. The van der Waals surface area contributed by atoms with E-state index in [0.29, 0.717) is 0 Å². The molecule has 0 atom stereocenters. The third-order valence-electron chi connectivity index (χ3n) is 4.65. The second kappa shape index (κ2) is 8.14. The Bertz CT molecular complexity index is 1070. The number of hydrogen-bond acceptors (Lipinski definition) is 8. The number of nitrogens with zero attached hydrogens (tertiary/aromatic N) is 2. The van der Waals surface area contributed by atoms with Crippen LogP contribution in [0, 0.1) is 0 Å². The summed E-state index contributed by atoms with van der Waals surface area (Å²) in [7, 11) is -7.85. The summed E-state index contributed by atoms with van der Waals surface area (Å²) in [5, 5.41) is 21.6. The first kappa shape index (κ1) is 21.9. The summed E-state index contributed by atoms with van der Waals surface area (Å²) in [4.78, 5) is 21.4. The van der Waals surface area contributed by atoms with Crippen LogP contribution in [0.3, 0.4) is 0 Å². The topological polar surface area (TPSA) is 155 Å². The van der Waals surface area contributed by atoms with Crippen LogP contribution in [0.25, 0.3) is 0 Å². The van der Waals surface area contributed by atoms with Gasteiger partial charge in [-0.2, -0.15) is 8.61 Å². The van der Waals surface area contributed by atoms with Crippen LogP contribution in [0.1, 0.15) is 20.7 Å².